The summed E-state index contributed by atoms with van der Waals surface area (Å²) in [5, 5.41) is 0.550. The Balaban J connectivity index is 3.62. The van der Waals surface area contributed by atoms with Crippen molar-refractivity contribution in [3.05, 3.63) is 0 Å². The van der Waals surface area contributed by atoms with Crippen LogP contribution in [0.5, 0.6) is 0 Å². The average Bonchev–Trinajstić information content (AvgIpc) is 1.89. The van der Waals surface area contributed by atoms with Crippen LogP contribution in [0.4, 0.5) is 0 Å². The summed E-state index contributed by atoms with van der Waals surface area (Å²) in [6.07, 6.45) is 2.53. The number of hydrogen-bond donors (Lipinski definition) is 0. The highest BCUT2D eigenvalue weighted by Crippen LogP contribution is 2.31. The minimum atomic E-state index is -0.261. The molecule has 0 heterocycles. The molecule has 0 bridgehead atoms. The lowest BCUT2D eigenvalue weighted by atomic mass is 10.1. The van der Waals surface area contributed by atoms with Gasteiger partial charge in [0.2, 0.25) is 0 Å². The van der Waals surface area contributed by atoms with Gasteiger partial charge in [-0.1, -0.05) is 33.6 Å². The normalized spacial score (nSPS) is 13.3. The van der Waals surface area contributed by atoms with Gasteiger partial charge in [-0.3, -0.25) is 0 Å². The molecule has 0 aromatic heterocycles. The second-order valence-electron chi connectivity index (χ2n) is 2.95. The Kier molecular flexibility index (Phi) is 4.15. The Morgan fingerprint density at radius 1 is 1.33 bits per heavy atom. The fourth-order valence-corrected chi connectivity index (χ4v) is 1.91. The maximum absolute atomic E-state index is 5.23. The van der Waals surface area contributed by atoms with E-state index >= 15 is 0 Å². The zero-order valence-electron chi connectivity index (χ0n) is 7.03. The molecule has 0 aliphatic heterocycles. The lowest BCUT2D eigenvalue weighted by Gasteiger charge is -2.24. The molecule has 0 aliphatic rings. The number of rotatable bonds is 4. The Morgan fingerprint density at radius 2 is 1.78 bits per heavy atom. The van der Waals surface area contributed by atoms with Crippen LogP contribution < -0.4 is 0 Å². The Bertz CT molecular complexity index is 69.3. The summed E-state index contributed by atoms with van der Waals surface area (Å²) in [6, 6.07) is 0. The molecular formula is C7H18OSi. The molecule has 0 saturated carbocycles. The van der Waals surface area contributed by atoms with Gasteiger partial charge in [0.1, 0.15) is 0 Å². The van der Waals surface area contributed by atoms with Gasteiger partial charge in [0.15, 0.2) is 9.76 Å². The standard InChI is InChI=1S/C7H18OSi/c1-5-7(3,6-2)9-8-4/h5-6,9H2,1-4H3. The molecule has 0 amide bonds. The predicted octanol–water partition coefficient (Wildman–Crippen LogP) is 1.72. The molecule has 0 atom stereocenters. The molecule has 0 spiro atoms. The lowest BCUT2D eigenvalue weighted by Crippen LogP contribution is -2.16. The molecule has 0 radical (unpaired) electrons. The molecule has 0 N–H and O–H groups in total. The zero-order chi connectivity index (χ0) is 7.33. The van der Waals surface area contributed by atoms with Gasteiger partial charge in [0.05, 0.1) is 0 Å². The molecule has 1 nitrogen and oxygen atoms in total. The summed E-state index contributed by atoms with van der Waals surface area (Å²) in [5.74, 6) is 0. The molecule has 0 unspecified atom stereocenters. The summed E-state index contributed by atoms with van der Waals surface area (Å²) in [4.78, 5) is 0. The quantitative estimate of drug-likeness (QED) is 0.549. The van der Waals surface area contributed by atoms with E-state index in [0.29, 0.717) is 5.04 Å². The van der Waals surface area contributed by atoms with Crippen LogP contribution in [0.2, 0.25) is 5.04 Å². The monoisotopic (exact) mass is 146 g/mol. The highest BCUT2D eigenvalue weighted by atomic mass is 28.2. The van der Waals surface area contributed by atoms with Gasteiger partial charge in [-0.05, 0) is 5.04 Å². The van der Waals surface area contributed by atoms with Crippen LogP contribution in [0.1, 0.15) is 33.6 Å². The summed E-state index contributed by atoms with van der Waals surface area (Å²) < 4.78 is 5.23. The average molecular weight is 146 g/mol. The van der Waals surface area contributed by atoms with Crippen LogP contribution in [-0.4, -0.2) is 16.9 Å². The molecule has 0 saturated heterocycles. The highest BCUT2D eigenvalue weighted by molar-refractivity contribution is 6.31. The lowest BCUT2D eigenvalue weighted by molar-refractivity contribution is 0.392. The first-order chi connectivity index (χ1) is 4.18. The van der Waals surface area contributed by atoms with Crippen LogP contribution in [0.25, 0.3) is 0 Å². The van der Waals surface area contributed by atoms with Crippen molar-refractivity contribution in [1.82, 2.24) is 0 Å². The second kappa shape index (κ2) is 4.07. The van der Waals surface area contributed by atoms with E-state index in [1.54, 1.807) is 0 Å². The van der Waals surface area contributed by atoms with Crippen LogP contribution in [0.15, 0.2) is 0 Å². The van der Waals surface area contributed by atoms with Crippen molar-refractivity contribution >= 4 is 9.76 Å². The van der Waals surface area contributed by atoms with E-state index in [1.807, 2.05) is 7.11 Å². The van der Waals surface area contributed by atoms with Crippen molar-refractivity contribution in [1.29, 1.82) is 0 Å². The third-order valence-electron chi connectivity index (χ3n) is 2.20. The molecule has 0 aliphatic carbocycles. The van der Waals surface area contributed by atoms with E-state index < -0.39 is 0 Å². The van der Waals surface area contributed by atoms with Gasteiger partial charge in [0, 0.05) is 7.11 Å². The fourth-order valence-electron chi connectivity index (χ4n) is 0.803. The van der Waals surface area contributed by atoms with E-state index in [4.69, 9.17) is 4.43 Å². The molecule has 2 heteroatoms. The Hall–Kier alpha value is 0.177. The third kappa shape index (κ3) is 3.01. The second-order valence-corrected chi connectivity index (χ2v) is 5.52. The summed E-state index contributed by atoms with van der Waals surface area (Å²) in [7, 11) is 1.57. The van der Waals surface area contributed by atoms with E-state index in [-0.39, 0.29) is 9.76 Å². The van der Waals surface area contributed by atoms with E-state index in [0.717, 1.165) is 0 Å². The maximum atomic E-state index is 5.23. The molecule has 0 fully saturated rings. The minimum Gasteiger partial charge on any atom is -0.427 e. The largest absolute Gasteiger partial charge is 0.427 e. The van der Waals surface area contributed by atoms with Gasteiger partial charge < -0.3 is 4.43 Å². The summed E-state index contributed by atoms with van der Waals surface area (Å²) >= 11 is 0. The topological polar surface area (TPSA) is 9.23 Å². The molecule has 0 aromatic rings. The maximum Gasteiger partial charge on any atom is 0.166 e. The molecule has 0 aromatic carbocycles. The minimum absolute atomic E-state index is 0.261. The first-order valence-corrected chi connectivity index (χ1v) is 4.96. The van der Waals surface area contributed by atoms with Gasteiger partial charge in [-0.25, -0.2) is 0 Å². The van der Waals surface area contributed by atoms with E-state index in [1.165, 1.54) is 12.8 Å². The zero-order valence-corrected chi connectivity index (χ0v) is 8.44. The van der Waals surface area contributed by atoms with Gasteiger partial charge in [-0.15, -0.1) is 0 Å². The first-order valence-electron chi connectivity index (χ1n) is 3.67. The predicted molar refractivity (Wildman–Crippen MR) is 44.5 cm³/mol. The van der Waals surface area contributed by atoms with Gasteiger partial charge in [-0.2, -0.15) is 0 Å². The molecule has 56 valence electrons. The molecule has 0 rings (SSSR count). The van der Waals surface area contributed by atoms with Crippen LogP contribution in [0, 0.1) is 0 Å². The fraction of sp³-hybridized carbons (Fsp3) is 1.00. The molecule has 9 heavy (non-hydrogen) atoms. The van der Waals surface area contributed by atoms with E-state index in [9.17, 15) is 0 Å². The van der Waals surface area contributed by atoms with Crippen molar-refractivity contribution < 1.29 is 4.43 Å². The van der Waals surface area contributed by atoms with Crippen molar-refractivity contribution in [3.8, 4) is 0 Å². The Morgan fingerprint density at radius 3 is 1.89 bits per heavy atom. The van der Waals surface area contributed by atoms with Crippen molar-refractivity contribution in [2.45, 2.75) is 38.7 Å². The smallest absolute Gasteiger partial charge is 0.166 e. The van der Waals surface area contributed by atoms with E-state index in [2.05, 4.69) is 20.8 Å². The van der Waals surface area contributed by atoms with Gasteiger partial charge >= 0.3 is 0 Å². The highest BCUT2D eigenvalue weighted by Gasteiger charge is 2.19. The first kappa shape index (κ1) is 9.18. The van der Waals surface area contributed by atoms with Crippen LogP contribution in [0.3, 0.4) is 0 Å². The van der Waals surface area contributed by atoms with Gasteiger partial charge in [0.25, 0.3) is 0 Å². The van der Waals surface area contributed by atoms with Crippen molar-refractivity contribution in [2.75, 3.05) is 7.11 Å². The third-order valence-corrected chi connectivity index (χ3v) is 4.19. The summed E-state index contributed by atoms with van der Waals surface area (Å²) in [6.45, 7) is 6.81. The Labute approximate surface area is 60.7 Å². The van der Waals surface area contributed by atoms with Crippen molar-refractivity contribution in [3.63, 3.8) is 0 Å². The van der Waals surface area contributed by atoms with Crippen LogP contribution >= 0.6 is 0 Å². The number of hydrogen-bond acceptors (Lipinski definition) is 1. The van der Waals surface area contributed by atoms with Crippen LogP contribution in [-0.2, 0) is 4.43 Å². The van der Waals surface area contributed by atoms with Crippen molar-refractivity contribution in [2.24, 2.45) is 0 Å². The SMILES string of the molecule is CCC(C)(CC)[SiH2]OC. The molecular weight excluding hydrogens is 128 g/mol. The summed E-state index contributed by atoms with van der Waals surface area (Å²) in [5.41, 5.74) is 0.